The highest BCUT2D eigenvalue weighted by Crippen LogP contribution is 2.15. The second-order valence-electron chi connectivity index (χ2n) is 3.56. The van der Waals surface area contributed by atoms with Gasteiger partial charge in [0.25, 0.3) is 0 Å². The van der Waals surface area contributed by atoms with Crippen LogP contribution in [0.1, 0.15) is 18.7 Å². The van der Waals surface area contributed by atoms with Crippen molar-refractivity contribution in [3.8, 4) is 0 Å². The number of hydrogen-bond acceptors (Lipinski definition) is 3. The highest BCUT2D eigenvalue weighted by atomic mass is 35.5. The van der Waals surface area contributed by atoms with Crippen molar-refractivity contribution in [1.29, 1.82) is 0 Å². The van der Waals surface area contributed by atoms with Gasteiger partial charge < -0.3 is 5.32 Å². The summed E-state index contributed by atoms with van der Waals surface area (Å²) in [6.07, 6.45) is 7.21. The first-order chi connectivity index (χ1) is 6.45. The minimum atomic E-state index is 0. The van der Waals surface area contributed by atoms with Crippen LogP contribution in [0.25, 0.3) is 0 Å². The van der Waals surface area contributed by atoms with Crippen LogP contribution in [0.2, 0.25) is 0 Å². The van der Waals surface area contributed by atoms with Gasteiger partial charge in [-0.1, -0.05) is 0 Å². The van der Waals surface area contributed by atoms with Crippen molar-refractivity contribution < 1.29 is 0 Å². The molecular formula is C10H16ClN3. The van der Waals surface area contributed by atoms with Crippen LogP contribution in [0.4, 0.5) is 0 Å². The van der Waals surface area contributed by atoms with Crippen LogP contribution >= 0.6 is 12.4 Å². The van der Waals surface area contributed by atoms with Gasteiger partial charge in [0.2, 0.25) is 0 Å². The molecule has 1 aromatic heterocycles. The maximum Gasteiger partial charge on any atom is 0.128 e. The molecule has 1 aliphatic rings. The van der Waals surface area contributed by atoms with Gasteiger partial charge in [-0.3, -0.25) is 0 Å². The van der Waals surface area contributed by atoms with E-state index < -0.39 is 0 Å². The highest BCUT2D eigenvalue weighted by molar-refractivity contribution is 5.85. The number of nitrogens with zero attached hydrogens (tertiary/aromatic N) is 2. The molecule has 0 amide bonds. The van der Waals surface area contributed by atoms with Gasteiger partial charge in [0.1, 0.15) is 5.82 Å². The Hall–Kier alpha value is -0.670. The lowest BCUT2D eigenvalue weighted by Crippen LogP contribution is -2.29. The fraction of sp³-hybridized carbons (Fsp3) is 0.600. The Balaban J connectivity index is 0.000000980. The normalized spacial score (nSPS) is 17.4. The molecule has 14 heavy (non-hydrogen) atoms. The quantitative estimate of drug-likeness (QED) is 0.808. The van der Waals surface area contributed by atoms with E-state index in [1.165, 1.54) is 12.8 Å². The molecule has 1 saturated heterocycles. The molecule has 0 saturated carbocycles. The molecule has 1 N–H and O–H groups in total. The molecule has 0 bridgehead atoms. The van der Waals surface area contributed by atoms with Crippen molar-refractivity contribution in [3.05, 3.63) is 24.3 Å². The Morgan fingerprint density at radius 3 is 2.50 bits per heavy atom. The summed E-state index contributed by atoms with van der Waals surface area (Å²) >= 11 is 0. The van der Waals surface area contributed by atoms with Gasteiger partial charge in [0, 0.05) is 18.8 Å². The van der Waals surface area contributed by atoms with Crippen molar-refractivity contribution >= 4 is 12.4 Å². The number of nitrogens with one attached hydrogen (secondary N) is 1. The predicted octanol–water partition coefficient (Wildman–Crippen LogP) is 1.44. The van der Waals surface area contributed by atoms with Crippen molar-refractivity contribution in [3.63, 3.8) is 0 Å². The third-order valence-electron chi connectivity index (χ3n) is 2.55. The van der Waals surface area contributed by atoms with Crippen molar-refractivity contribution in [2.45, 2.75) is 19.3 Å². The van der Waals surface area contributed by atoms with Crippen LogP contribution in [0.5, 0.6) is 0 Å². The molecule has 1 aliphatic heterocycles. The molecule has 0 aliphatic carbocycles. The molecule has 0 aromatic carbocycles. The second kappa shape index (κ2) is 5.94. The topological polar surface area (TPSA) is 37.8 Å². The number of rotatable bonds is 2. The first kappa shape index (κ1) is 11.4. The summed E-state index contributed by atoms with van der Waals surface area (Å²) < 4.78 is 0. The third kappa shape index (κ3) is 3.24. The molecule has 1 fully saturated rings. The molecule has 1 aromatic rings. The molecular weight excluding hydrogens is 198 g/mol. The lowest BCUT2D eigenvalue weighted by atomic mass is 9.94. The number of aromatic nitrogens is 2. The zero-order chi connectivity index (χ0) is 8.93. The predicted molar refractivity (Wildman–Crippen MR) is 58.6 cm³/mol. The van der Waals surface area contributed by atoms with E-state index in [1.54, 1.807) is 0 Å². The molecule has 2 heterocycles. The maximum absolute atomic E-state index is 4.24. The standard InChI is InChI=1S/C10H15N3.ClH/c1-4-12-10(13-5-1)8-9-2-6-11-7-3-9;/h1,4-5,9,11H,2-3,6-8H2;1H. The van der Waals surface area contributed by atoms with E-state index in [2.05, 4.69) is 15.3 Å². The van der Waals surface area contributed by atoms with Gasteiger partial charge in [-0.2, -0.15) is 0 Å². The number of piperidine rings is 1. The van der Waals surface area contributed by atoms with Crippen molar-refractivity contribution in [1.82, 2.24) is 15.3 Å². The summed E-state index contributed by atoms with van der Waals surface area (Å²) in [7, 11) is 0. The van der Waals surface area contributed by atoms with Gasteiger partial charge in [-0.25, -0.2) is 9.97 Å². The first-order valence-electron chi connectivity index (χ1n) is 4.92. The highest BCUT2D eigenvalue weighted by Gasteiger charge is 2.14. The average Bonchev–Trinajstić information content (AvgIpc) is 2.21. The lowest BCUT2D eigenvalue weighted by molar-refractivity contribution is 0.367. The van der Waals surface area contributed by atoms with Gasteiger partial charge in [-0.05, 0) is 37.9 Å². The van der Waals surface area contributed by atoms with Gasteiger partial charge in [0.15, 0.2) is 0 Å². The van der Waals surface area contributed by atoms with Crippen molar-refractivity contribution in [2.24, 2.45) is 5.92 Å². The van der Waals surface area contributed by atoms with Crippen LogP contribution in [-0.2, 0) is 6.42 Å². The van der Waals surface area contributed by atoms with Gasteiger partial charge in [-0.15, -0.1) is 12.4 Å². The largest absolute Gasteiger partial charge is 0.317 e. The Kier molecular flexibility index (Phi) is 4.84. The van der Waals surface area contributed by atoms with E-state index in [0.717, 1.165) is 31.3 Å². The zero-order valence-corrected chi connectivity index (χ0v) is 8.96. The van der Waals surface area contributed by atoms with Crippen molar-refractivity contribution in [2.75, 3.05) is 13.1 Å². The Labute approximate surface area is 90.8 Å². The summed E-state index contributed by atoms with van der Waals surface area (Å²) in [5.74, 6) is 1.78. The van der Waals surface area contributed by atoms with E-state index in [-0.39, 0.29) is 12.4 Å². The Morgan fingerprint density at radius 2 is 1.86 bits per heavy atom. The van der Waals surface area contributed by atoms with E-state index >= 15 is 0 Å². The minimum Gasteiger partial charge on any atom is -0.317 e. The van der Waals surface area contributed by atoms with Crippen LogP contribution in [0.15, 0.2) is 18.5 Å². The van der Waals surface area contributed by atoms with Crippen LogP contribution < -0.4 is 5.32 Å². The Morgan fingerprint density at radius 1 is 1.21 bits per heavy atom. The molecule has 0 atom stereocenters. The molecule has 2 rings (SSSR count). The SMILES string of the molecule is Cl.c1cnc(CC2CCNCC2)nc1. The van der Waals surface area contributed by atoms with E-state index in [1.807, 2.05) is 18.5 Å². The maximum atomic E-state index is 4.24. The summed E-state index contributed by atoms with van der Waals surface area (Å²) in [5, 5.41) is 3.36. The summed E-state index contributed by atoms with van der Waals surface area (Å²) in [4.78, 5) is 8.48. The smallest absolute Gasteiger partial charge is 0.128 e. The summed E-state index contributed by atoms with van der Waals surface area (Å²) in [6.45, 7) is 2.30. The lowest BCUT2D eigenvalue weighted by Gasteiger charge is -2.21. The monoisotopic (exact) mass is 213 g/mol. The van der Waals surface area contributed by atoms with Crippen LogP contribution in [0.3, 0.4) is 0 Å². The molecule has 0 unspecified atom stereocenters. The van der Waals surface area contributed by atoms with E-state index in [4.69, 9.17) is 0 Å². The number of halogens is 1. The fourth-order valence-electron chi connectivity index (χ4n) is 1.78. The first-order valence-corrected chi connectivity index (χ1v) is 4.92. The van der Waals surface area contributed by atoms with E-state index in [9.17, 15) is 0 Å². The molecule has 4 heteroatoms. The summed E-state index contributed by atoms with van der Waals surface area (Å²) in [5.41, 5.74) is 0. The summed E-state index contributed by atoms with van der Waals surface area (Å²) in [6, 6.07) is 1.87. The molecule has 0 radical (unpaired) electrons. The van der Waals surface area contributed by atoms with Crippen LogP contribution in [0, 0.1) is 5.92 Å². The Bertz CT molecular complexity index is 247. The number of hydrogen-bond donors (Lipinski definition) is 1. The average molecular weight is 214 g/mol. The second-order valence-corrected chi connectivity index (χ2v) is 3.56. The molecule has 78 valence electrons. The zero-order valence-electron chi connectivity index (χ0n) is 8.15. The fourth-order valence-corrected chi connectivity index (χ4v) is 1.78. The molecule has 0 spiro atoms. The van der Waals surface area contributed by atoms with E-state index in [0.29, 0.717) is 0 Å². The van der Waals surface area contributed by atoms with Gasteiger partial charge in [0.05, 0.1) is 0 Å². The van der Waals surface area contributed by atoms with Crippen LogP contribution in [-0.4, -0.2) is 23.1 Å². The van der Waals surface area contributed by atoms with Gasteiger partial charge >= 0.3 is 0 Å². The third-order valence-corrected chi connectivity index (χ3v) is 2.55. The molecule has 3 nitrogen and oxygen atoms in total. The minimum absolute atomic E-state index is 0.